The van der Waals surface area contributed by atoms with Crippen LogP contribution >= 0.6 is 0 Å². The summed E-state index contributed by atoms with van der Waals surface area (Å²) in [7, 11) is 0. The molecule has 9 heteroatoms. The van der Waals surface area contributed by atoms with Crippen molar-refractivity contribution < 1.29 is 14.1 Å². The molecule has 1 aliphatic heterocycles. The van der Waals surface area contributed by atoms with Crippen LogP contribution in [0.15, 0.2) is 36.7 Å². The lowest BCUT2D eigenvalue weighted by Gasteiger charge is -2.34. The summed E-state index contributed by atoms with van der Waals surface area (Å²) in [5.74, 6) is -0.281. The first-order valence-corrected chi connectivity index (χ1v) is 7.31. The van der Waals surface area contributed by atoms with Crippen molar-refractivity contribution >= 4 is 17.5 Å². The molecular weight excluding hydrogens is 317 g/mol. The third kappa shape index (κ3) is 3.29. The van der Waals surface area contributed by atoms with Crippen LogP contribution in [0.5, 0.6) is 0 Å². The van der Waals surface area contributed by atoms with Gasteiger partial charge in [0.25, 0.3) is 5.91 Å². The van der Waals surface area contributed by atoms with Crippen LogP contribution in [-0.4, -0.2) is 51.9 Å². The largest absolute Gasteiger partial charge is 0.337 e. The van der Waals surface area contributed by atoms with Gasteiger partial charge >= 0.3 is 5.69 Å². The van der Waals surface area contributed by atoms with Crippen molar-refractivity contribution in [1.82, 2.24) is 14.9 Å². The minimum Gasteiger partial charge on any atom is -0.337 e. The highest BCUT2D eigenvalue weighted by Gasteiger charge is 2.24. The van der Waals surface area contributed by atoms with Gasteiger partial charge in [0.2, 0.25) is 5.95 Å². The first-order chi connectivity index (χ1) is 11.5. The zero-order valence-electron chi connectivity index (χ0n) is 12.6. The van der Waals surface area contributed by atoms with Crippen molar-refractivity contribution in [2.24, 2.45) is 0 Å². The number of hydrogen-bond acceptors (Lipinski definition) is 6. The fourth-order valence-electron chi connectivity index (χ4n) is 2.49. The van der Waals surface area contributed by atoms with Crippen molar-refractivity contribution in [1.29, 1.82) is 0 Å². The molecule has 0 aliphatic carbocycles. The molecule has 0 atom stereocenters. The SMILES string of the molecule is O=C(c1cccc(F)c1)N1CCN(c2ncc([N+](=O)[O-])cn2)CC1. The molecule has 0 unspecified atom stereocenters. The van der Waals surface area contributed by atoms with Crippen LogP contribution in [0, 0.1) is 15.9 Å². The van der Waals surface area contributed by atoms with Crippen molar-refractivity contribution in [2.45, 2.75) is 0 Å². The lowest BCUT2D eigenvalue weighted by molar-refractivity contribution is -0.385. The van der Waals surface area contributed by atoms with E-state index in [1.807, 2.05) is 4.90 Å². The van der Waals surface area contributed by atoms with Gasteiger partial charge in [-0.25, -0.2) is 14.4 Å². The lowest BCUT2D eigenvalue weighted by Crippen LogP contribution is -2.49. The van der Waals surface area contributed by atoms with E-state index in [-0.39, 0.29) is 11.6 Å². The van der Waals surface area contributed by atoms with Crippen LogP contribution in [0.25, 0.3) is 0 Å². The maximum absolute atomic E-state index is 13.2. The number of benzene rings is 1. The van der Waals surface area contributed by atoms with E-state index >= 15 is 0 Å². The minimum absolute atomic E-state index is 0.168. The summed E-state index contributed by atoms with van der Waals surface area (Å²) < 4.78 is 13.2. The number of halogens is 1. The van der Waals surface area contributed by atoms with Gasteiger partial charge in [-0.05, 0) is 18.2 Å². The smallest absolute Gasteiger partial charge is 0.305 e. The fourth-order valence-corrected chi connectivity index (χ4v) is 2.49. The third-order valence-electron chi connectivity index (χ3n) is 3.76. The number of rotatable bonds is 3. The molecule has 2 aromatic rings. The molecule has 0 bridgehead atoms. The van der Waals surface area contributed by atoms with E-state index in [4.69, 9.17) is 0 Å². The maximum Gasteiger partial charge on any atom is 0.305 e. The molecule has 0 radical (unpaired) electrons. The van der Waals surface area contributed by atoms with Gasteiger partial charge in [0.15, 0.2) is 0 Å². The number of nitrogens with zero attached hydrogens (tertiary/aromatic N) is 5. The Bertz CT molecular complexity index is 760. The van der Waals surface area contributed by atoms with Crippen molar-refractivity contribution in [3.05, 3.63) is 58.2 Å². The average molecular weight is 331 g/mol. The van der Waals surface area contributed by atoms with Gasteiger partial charge in [-0.15, -0.1) is 0 Å². The number of carbonyl (C=O) groups excluding carboxylic acids is 1. The number of piperazine rings is 1. The van der Waals surface area contributed by atoms with E-state index in [0.29, 0.717) is 37.7 Å². The highest BCUT2D eigenvalue weighted by atomic mass is 19.1. The van der Waals surface area contributed by atoms with Gasteiger partial charge in [0.1, 0.15) is 18.2 Å². The van der Waals surface area contributed by atoms with E-state index in [9.17, 15) is 19.3 Å². The van der Waals surface area contributed by atoms with Crippen LogP contribution in [-0.2, 0) is 0 Å². The van der Waals surface area contributed by atoms with Crippen molar-refractivity contribution in [3.63, 3.8) is 0 Å². The number of nitro groups is 1. The Kier molecular flexibility index (Phi) is 4.32. The van der Waals surface area contributed by atoms with Crippen LogP contribution in [0.4, 0.5) is 16.0 Å². The summed E-state index contributed by atoms with van der Waals surface area (Å²) in [6, 6.07) is 5.59. The zero-order valence-corrected chi connectivity index (χ0v) is 12.6. The summed E-state index contributed by atoms with van der Waals surface area (Å²) in [6.07, 6.45) is 2.32. The summed E-state index contributed by atoms with van der Waals surface area (Å²) >= 11 is 0. The quantitative estimate of drug-likeness (QED) is 0.625. The zero-order chi connectivity index (χ0) is 17.1. The number of carbonyl (C=O) groups is 1. The molecule has 24 heavy (non-hydrogen) atoms. The van der Waals surface area contributed by atoms with Crippen molar-refractivity contribution in [2.75, 3.05) is 31.1 Å². The second-order valence-corrected chi connectivity index (χ2v) is 5.29. The Balaban J connectivity index is 1.63. The summed E-state index contributed by atoms with van der Waals surface area (Å²) in [5, 5.41) is 10.6. The second-order valence-electron chi connectivity index (χ2n) is 5.29. The fraction of sp³-hybridized carbons (Fsp3) is 0.267. The van der Waals surface area contributed by atoms with Crippen LogP contribution < -0.4 is 4.90 Å². The summed E-state index contributed by atoms with van der Waals surface area (Å²) in [4.78, 5) is 33.8. The monoisotopic (exact) mass is 331 g/mol. The standard InChI is InChI=1S/C15H14FN5O3/c16-12-3-1-2-11(8-12)14(22)19-4-6-20(7-5-19)15-17-9-13(10-18-15)21(23)24/h1-3,8-10H,4-7H2. The summed E-state index contributed by atoms with van der Waals surface area (Å²) in [6.45, 7) is 1.88. The Morgan fingerprint density at radius 1 is 1.17 bits per heavy atom. The van der Waals surface area contributed by atoms with Gasteiger partial charge in [-0.1, -0.05) is 6.07 Å². The molecular formula is C15H14FN5O3. The molecule has 1 saturated heterocycles. The van der Waals surface area contributed by atoms with Gasteiger partial charge in [-0.2, -0.15) is 0 Å². The predicted molar refractivity (Wildman–Crippen MR) is 83.2 cm³/mol. The van der Waals surface area contributed by atoms with Gasteiger partial charge in [-0.3, -0.25) is 14.9 Å². The highest BCUT2D eigenvalue weighted by Crippen LogP contribution is 2.15. The van der Waals surface area contributed by atoms with E-state index in [2.05, 4.69) is 9.97 Å². The van der Waals surface area contributed by atoms with Gasteiger partial charge < -0.3 is 9.80 Å². The molecule has 124 valence electrons. The Labute approximate surface area is 136 Å². The molecule has 1 fully saturated rings. The lowest BCUT2D eigenvalue weighted by atomic mass is 10.2. The van der Waals surface area contributed by atoms with E-state index in [0.717, 1.165) is 12.4 Å². The third-order valence-corrected chi connectivity index (χ3v) is 3.76. The van der Waals surface area contributed by atoms with Crippen LogP contribution in [0.3, 0.4) is 0 Å². The number of anilines is 1. The normalized spacial score (nSPS) is 14.5. The molecule has 3 rings (SSSR count). The molecule has 1 aromatic carbocycles. The molecule has 0 N–H and O–H groups in total. The Morgan fingerprint density at radius 3 is 2.42 bits per heavy atom. The Morgan fingerprint density at radius 2 is 1.83 bits per heavy atom. The molecule has 2 heterocycles. The van der Waals surface area contributed by atoms with Gasteiger partial charge in [0, 0.05) is 31.7 Å². The highest BCUT2D eigenvalue weighted by molar-refractivity contribution is 5.94. The van der Waals surface area contributed by atoms with Crippen molar-refractivity contribution in [3.8, 4) is 0 Å². The van der Waals surface area contributed by atoms with E-state index in [1.54, 1.807) is 11.0 Å². The number of aromatic nitrogens is 2. The molecule has 1 aliphatic rings. The molecule has 0 saturated carbocycles. The van der Waals surface area contributed by atoms with E-state index in [1.165, 1.54) is 18.2 Å². The minimum atomic E-state index is -0.556. The molecule has 1 amide bonds. The molecule has 1 aromatic heterocycles. The predicted octanol–water partition coefficient (Wildman–Crippen LogP) is 1.49. The van der Waals surface area contributed by atoms with Crippen LogP contribution in [0.2, 0.25) is 0 Å². The first kappa shape index (κ1) is 15.8. The molecule has 8 nitrogen and oxygen atoms in total. The maximum atomic E-state index is 13.2. The van der Waals surface area contributed by atoms with Gasteiger partial charge in [0.05, 0.1) is 4.92 Å². The number of hydrogen-bond donors (Lipinski definition) is 0. The first-order valence-electron chi connectivity index (χ1n) is 7.31. The second kappa shape index (κ2) is 6.57. The van der Waals surface area contributed by atoms with E-state index < -0.39 is 10.7 Å². The Hall–Kier alpha value is -3.10. The average Bonchev–Trinajstić information content (AvgIpc) is 2.61. The summed E-state index contributed by atoms with van der Waals surface area (Å²) in [5.41, 5.74) is 0.147. The topological polar surface area (TPSA) is 92.5 Å². The van der Waals surface area contributed by atoms with Crippen LogP contribution in [0.1, 0.15) is 10.4 Å². The molecule has 0 spiro atoms. The number of amides is 1.